The van der Waals surface area contributed by atoms with Crippen LogP contribution in [-0.2, 0) is 17.3 Å². The number of aryl methyl sites for hydroxylation is 1. The van der Waals surface area contributed by atoms with Crippen molar-refractivity contribution < 1.29 is 4.42 Å². The van der Waals surface area contributed by atoms with E-state index in [0.717, 1.165) is 34.8 Å². The zero-order valence-electron chi connectivity index (χ0n) is 37.0. The van der Waals surface area contributed by atoms with E-state index in [1.54, 1.807) is 0 Å². The van der Waals surface area contributed by atoms with Crippen LogP contribution in [0.5, 0.6) is 0 Å². The van der Waals surface area contributed by atoms with Gasteiger partial charge < -0.3 is 4.42 Å². The summed E-state index contributed by atoms with van der Waals surface area (Å²) in [7, 11) is 0. The van der Waals surface area contributed by atoms with Gasteiger partial charge in [-0.3, -0.25) is 0 Å². The highest BCUT2D eigenvalue weighted by Crippen LogP contribution is 2.52. The third-order valence-electron chi connectivity index (χ3n) is 14.8. The van der Waals surface area contributed by atoms with Crippen LogP contribution in [0.15, 0.2) is 205 Å². The lowest BCUT2D eigenvalue weighted by molar-refractivity contribution is 0.654. The summed E-state index contributed by atoms with van der Waals surface area (Å²) in [6.07, 6.45) is 1.97. The number of para-hydroxylation sites is 1. The molecule has 1 aromatic heterocycles. The summed E-state index contributed by atoms with van der Waals surface area (Å²) in [6.45, 7) is 9.54. The maximum Gasteiger partial charge on any atom is 0.135 e. The van der Waals surface area contributed by atoms with Gasteiger partial charge in [-0.05, 0) is 138 Å². The quantitative estimate of drug-likeness (QED) is 0.149. The van der Waals surface area contributed by atoms with E-state index in [1.165, 1.54) is 94.6 Å². The van der Waals surface area contributed by atoms with Gasteiger partial charge in [0, 0.05) is 27.5 Å². The molecule has 308 valence electrons. The number of fused-ring (bicyclic) bond motifs is 9. The second-order valence-corrected chi connectivity index (χ2v) is 19.2. The highest BCUT2D eigenvalue weighted by Gasteiger charge is 2.37. The van der Waals surface area contributed by atoms with E-state index >= 15 is 0 Å². The minimum absolute atomic E-state index is 0.0302. The van der Waals surface area contributed by atoms with Crippen molar-refractivity contribution in [2.45, 2.75) is 57.3 Å². The Kier molecular flexibility index (Phi) is 8.82. The van der Waals surface area contributed by atoms with E-state index < -0.39 is 0 Å². The highest BCUT2D eigenvalue weighted by molar-refractivity contribution is 6.06. The first kappa shape index (κ1) is 38.5. The minimum Gasteiger partial charge on any atom is -0.456 e. The fourth-order valence-corrected chi connectivity index (χ4v) is 11.2. The second-order valence-electron chi connectivity index (χ2n) is 19.2. The summed E-state index contributed by atoms with van der Waals surface area (Å²) < 4.78 is 6.13. The Morgan fingerprint density at radius 3 is 1.56 bits per heavy atom. The fourth-order valence-electron chi connectivity index (χ4n) is 11.2. The van der Waals surface area contributed by atoms with Gasteiger partial charge in [-0.2, -0.15) is 0 Å². The average molecular weight is 823 g/mol. The van der Waals surface area contributed by atoms with Gasteiger partial charge in [0.15, 0.2) is 0 Å². The van der Waals surface area contributed by atoms with E-state index in [2.05, 4.69) is 216 Å². The average Bonchev–Trinajstić information content (AvgIpc) is 3.91. The lowest BCUT2D eigenvalue weighted by atomic mass is 9.79. The van der Waals surface area contributed by atoms with Gasteiger partial charge in [-0.1, -0.05) is 198 Å². The smallest absolute Gasteiger partial charge is 0.135 e. The molecule has 2 aliphatic rings. The molecule has 0 radical (unpaired) electrons. The first-order valence-corrected chi connectivity index (χ1v) is 22.9. The summed E-state index contributed by atoms with van der Waals surface area (Å²) in [5, 5.41) is 2.32. The van der Waals surface area contributed by atoms with Crippen molar-refractivity contribution in [1.29, 1.82) is 0 Å². The Balaban J connectivity index is 0.874. The van der Waals surface area contributed by atoms with Gasteiger partial charge in [-0.25, -0.2) is 0 Å². The van der Waals surface area contributed by atoms with Gasteiger partial charge >= 0.3 is 0 Å². The molecule has 0 N–H and O–H groups in total. The monoisotopic (exact) mass is 822 g/mol. The minimum atomic E-state index is -0.123. The van der Waals surface area contributed by atoms with Gasteiger partial charge in [0.05, 0.1) is 0 Å². The van der Waals surface area contributed by atoms with Crippen LogP contribution >= 0.6 is 0 Å². The van der Waals surface area contributed by atoms with E-state index in [1.807, 2.05) is 12.1 Å². The van der Waals surface area contributed by atoms with Crippen LogP contribution < -0.4 is 0 Å². The van der Waals surface area contributed by atoms with Crippen molar-refractivity contribution in [3.63, 3.8) is 0 Å². The van der Waals surface area contributed by atoms with Crippen molar-refractivity contribution in [2.24, 2.45) is 0 Å². The molecule has 0 saturated carbocycles. The lowest BCUT2D eigenvalue weighted by Gasteiger charge is -2.25. The standard InChI is InChI=1S/C63H50O/c1-62(2)56-16-10-8-14-50(56)51-32-28-47(38-57(51)62)43-23-25-44(26-24-43)49(31-20-40-18-21-42(22-19-40)45-30-35-61-55(36-45)54-15-9-11-17-60(54)64-61)48-29-34-53-52-33-27-46(41-12-6-5-7-13-41)37-58(52)63(3,4)59(53)39-48/h5-19,21-30,32-39,49H,20,31H2,1-4H3. The Labute approximate surface area is 376 Å². The molecule has 0 amide bonds. The zero-order valence-corrected chi connectivity index (χ0v) is 37.0. The Morgan fingerprint density at radius 2 is 0.844 bits per heavy atom. The molecule has 0 fully saturated rings. The number of hydrogen-bond donors (Lipinski definition) is 0. The first-order valence-electron chi connectivity index (χ1n) is 22.9. The van der Waals surface area contributed by atoms with E-state index in [-0.39, 0.29) is 16.7 Å². The normalized spacial score (nSPS) is 14.6. The van der Waals surface area contributed by atoms with Crippen LogP contribution in [0.4, 0.5) is 0 Å². The van der Waals surface area contributed by atoms with E-state index in [4.69, 9.17) is 4.42 Å². The summed E-state index contributed by atoms with van der Waals surface area (Å²) in [5.74, 6) is 0.226. The molecule has 1 nitrogen and oxygen atoms in total. The Bertz CT molecular complexity index is 3420. The van der Waals surface area contributed by atoms with Gasteiger partial charge in [0.1, 0.15) is 11.2 Å². The van der Waals surface area contributed by atoms with Crippen LogP contribution in [0.1, 0.15) is 79.0 Å². The van der Waals surface area contributed by atoms with Gasteiger partial charge in [-0.15, -0.1) is 0 Å². The van der Waals surface area contributed by atoms with Crippen LogP contribution in [0.3, 0.4) is 0 Å². The predicted octanol–water partition coefficient (Wildman–Crippen LogP) is 17.0. The Hall–Kier alpha value is -7.22. The van der Waals surface area contributed by atoms with Crippen molar-refractivity contribution in [2.75, 3.05) is 0 Å². The van der Waals surface area contributed by atoms with Crippen LogP contribution in [0, 0.1) is 0 Å². The molecule has 0 saturated heterocycles. The maximum absolute atomic E-state index is 6.13. The van der Waals surface area contributed by atoms with Crippen LogP contribution in [0.2, 0.25) is 0 Å². The summed E-state index contributed by atoms with van der Waals surface area (Å²) in [4.78, 5) is 0. The Morgan fingerprint density at radius 1 is 0.359 bits per heavy atom. The van der Waals surface area contributed by atoms with Crippen LogP contribution in [0.25, 0.3) is 77.6 Å². The predicted molar refractivity (Wildman–Crippen MR) is 268 cm³/mol. The van der Waals surface area contributed by atoms with Crippen molar-refractivity contribution in [1.82, 2.24) is 0 Å². The maximum atomic E-state index is 6.13. The molecular weight excluding hydrogens is 773 g/mol. The number of hydrogen-bond acceptors (Lipinski definition) is 1. The molecule has 9 aromatic carbocycles. The molecular formula is C63H50O. The lowest BCUT2D eigenvalue weighted by Crippen LogP contribution is -2.16. The summed E-state index contributed by atoms with van der Waals surface area (Å²) in [6, 6.07) is 74.8. The van der Waals surface area contributed by atoms with E-state index in [0.29, 0.717) is 0 Å². The third-order valence-corrected chi connectivity index (χ3v) is 14.8. The number of furan rings is 1. The topological polar surface area (TPSA) is 13.1 Å². The number of benzene rings is 9. The molecule has 1 heterocycles. The van der Waals surface area contributed by atoms with Crippen LogP contribution in [-0.4, -0.2) is 0 Å². The molecule has 1 unspecified atom stereocenters. The van der Waals surface area contributed by atoms with Gasteiger partial charge in [0.2, 0.25) is 0 Å². The molecule has 12 rings (SSSR count). The SMILES string of the molecule is CC1(C)c2ccccc2-c2ccc(-c3ccc(C(CCc4ccc(-c5ccc6oc7ccccc7c6c5)cc4)c4ccc5c(c4)C(C)(C)c4cc(-c6ccccc6)ccc4-5)cc3)cc21. The molecule has 1 heteroatoms. The fraction of sp³-hybridized carbons (Fsp3) is 0.143. The molecule has 0 spiro atoms. The molecule has 1 atom stereocenters. The zero-order chi connectivity index (χ0) is 43.2. The van der Waals surface area contributed by atoms with Crippen molar-refractivity contribution in [3.8, 4) is 55.6 Å². The number of rotatable bonds is 8. The second kappa shape index (κ2) is 14.7. The molecule has 64 heavy (non-hydrogen) atoms. The molecule has 2 aliphatic carbocycles. The largest absolute Gasteiger partial charge is 0.456 e. The molecule has 10 aromatic rings. The summed E-state index contributed by atoms with van der Waals surface area (Å²) in [5.41, 5.74) is 24.4. The molecule has 0 bridgehead atoms. The highest BCUT2D eigenvalue weighted by atomic mass is 16.3. The van der Waals surface area contributed by atoms with E-state index in [9.17, 15) is 0 Å². The first-order chi connectivity index (χ1) is 31.2. The van der Waals surface area contributed by atoms with Crippen molar-refractivity contribution in [3.05, 3.63) is 239 Å². The summed E-state index contributed by atoms with van der Waals surface area (Å²) >= 11 is 0. The third kappa shape index (κ3) is 6.21. The molecule has 0 aliphatic heterocycles. The van der Waals surface area contributed by atoms with Crippen molar-refractivity contribution >= 4 is 21.9 Å². The van der Waals surface area contributed by atoms with Gasteiger partial charge in [0.25, 0.3) is 0 Å².